The van der Waals surface area contributed by atoms with Crippen LogP contribution in [0.5, 0.6) is 11.5 Å². The van der Waals surface area contributed by atoms with Crippen molar-refractivity contribution >= 4 is 23.9 Å². The number of unbranched alkanes of at least 4 members (excludes halogenated alkanes) is 3. The van der Waals surface area contributed by atoms with Gasteiger partial charge in [-0.15, -0.1) is 0 Å². The summed E-state index contributed by atoms with van der Waals surface area (Å²) in [7, 11) is 0. The lowest BCUT2D eigenvalue weighted by Crippen LogP contribution is -2.27. The molecule has 6 nitrogen and oxygen atoms in total. The molecule has 0 atom stereocenters. The lowest BCUT2D eigenvalue weighted by atomic mass is 10.2. The average molecular weight is 489 g/mol. The van der Waals surface area contributed by atoms with Crippen LogP contribution in [0.15, 0.2) is 72.9 Å². The second-order valence-electron chi connectivity index (χ2n) is 9.42. The number of hydrogen-bond donors (Lipinski definition) is 1. The van der Waals surface area contributed by atoms with Crippen LogP contribution < -0.4 is 14.8 Å². The largest absolute Gasteiger partial charge is 0.494 e. The van der Waals surface area contributed by atoms with Crippen LogP contribution in [0.3, 0.4) is 0 Å². The van der Waals surface area contributed by atoms with Crippen molar-refractivity contribution in [3.8, 4) is 11.5 Å². The smallest absolute Gasteiger partial charge is 0.412 e. The number of anilines is 1. The van der Waals surface area contributed by atoms with E-state index >= 15 is 0 Å². The molecule has 1 heterocycles. The Balaban J connectivity index is 1.23. The van der Waals surface area contributed by atoms with E-state index in [0.29, 0.717) is 18.9 Å². The number of carbonyl (C=O) groups excluding carboxylic acids is 1. The van der Waals surface area contributed by atoms with Gasteiger partial charge in [0.15, 0.2) is 0 Å². The molecule has 0 radical (unpaired) electrons. The zero-order chi connectivity index (χ0) is 25.6. The number of aromatic nitrogens is 1. The summed E-state index contributed by atoms with van der Waals surface area (Å²) in [5, 5.41) is 2.71. The van der Waals surface area contributed by atoms with Crippen LogP contribution >= 0.6 is 0 Å². The monoisotopic (exact) mass is 488 g/mol. The Hall–Kier alpha value is -3.80. The van der Waals surface area contributed by atoms with Gasteiger partial charge in [-0.1, -0.05) is 24.3 Å². The predicted molar refractivity (Wildman–Crippen MR) is 145 cm³/mol. The maximum atomic E-state index is 11.8. The van der Waals surface area contributed by atoms with Gasteiger partial charge >= 0.3 is 6.09 Å². The van der Waals surface area contributed by atoms with Gasteiger partial charge in [0, 0.05) is 11.9 Å². The molecule has 0 fully saturated rings. The fourth-order valence-electron chi connectivity index (χ4n) is 3.32. The molecule has 1 amide bonds. The van der Waals surface area contributed by atoms with E-state index in [1.165, 1.54) is 0 Å². The SMILES string of the molecule is CC(C)(C)OC(=O)Nc1ccc(OCCCCCCOc2ccc(/C=C/c3ccccn3)cc2)cc1. The fraction of sp³-hybridized carbons (Fsp3) is 0.333. The molecule has 0 aliphatic carbocycles. The van der Waals surface area contributed by atoms with Crippen LogP contribution in [0, 0.1) is 0 Å². The average Bonchev–Trinajstić information content (AvgIpc) is 2.85. The highest BCUT2D eigenvalue weighted by Gasteiger charge is 2.16. The van der Waals surface area contributed by atoms with Crippen molar-refractivity contribution in [2.75, 3.05) is 18.5 Å². The number of nitrogens with zero attached hydrogens (tertiary/aromatic N) is 1. The first-order valence-corrected chi connectivity index (χ1v) is 12.4. The third-order valence-electron chi connectivity index (χ3n) is 5.09. The Kier molecular flexibility index (Phi) is 10.4. The Morgan fingerprint density at radius 2 is 1.42 bits per heavy atom. The predicted octanol–water partition coefficient (Wildman–Crippen LogP) is 7.62. The second kappa shape index (κ2) is 13.9. The molecule has 0 saturated carbocycles. The zero-order valence-electron chi connectivity index (χ0n) is 21.4. The summed E-state index contributed by atoms with van der Waals surface area (Å²) in [5.74, 6) is 1.67. The minimum Gasteiger partial charge on any atom is -0.494 e. The van der Waals surface area contributed by atoms with E-state index in [1.807, 2.05) is 87.5 Å². The lowest BCUT2D eigenvalue weighted by molar-refractivity contribution is 0.0636. The molecule has 0 unspecified atom stereocenters. The Bertz CT molecular complexity index is 1070. The van der Waals surface area contributed by atoms with Crippen LogP contribution in [0.25, 0.3) is 12.2 Å². The molecule has 0 spiro atoms. The van der Waals surface area contributed by atoms with Gasteiger partial charge in [0.2, 0.25) is 0 Å². The van der Waals surface area contributed by atoms with E-state index in [0.717, 1.165) is 48.4 Å². The minimum atomic E-state index is -0.524. The maximum absolute atomic E-state index is 11.8. The highest BCUT2D eigenvalue weighted by Crippen LogP contribution is 2.18. The molecule has 1 aromatic heterocycles. The Morgan fingerprint density at radius 3 is 1.97 bits per heavy atom. The van der Waals surface area contributed by atoms with Gasteiger partial charge in [0.05, 0.1) is 18.9 Å². The molecule has 6 heteroatoms. The van der Waals surface area contributed by atoms with Crippen LogP contribution in [0.4, 0.5) is 10.5 Å². The van der Waals surface area contributed by atoms with Gasteiger partial charge < -0.3 is 14.2 Å². The number of pyridine rings is 1. The zero-order valence-corrected chi connectivity index (χ0v) is 21.4. The summed E-state index contributed by atoms with van der Waals surface area (Å²) in [5.41, 5.74) is 2.20. The van der Waals surface area contributed by atoms with Gasteiger partial charge in [-0.3, -0.25) is 10.3 Å². The molecular weight excluding hydrogens is 452 g/mol. The van der Waals surface area contributed by atoms with E-state index in [-0.39, 0.29) is 0 Å². The molecule has 0 aliphatic rings. The van der Waals surface area contributed by atoms with Gasteiger partial charge in [-0.2, -0.15) is 0 Å². The molecule has 2 aromatic carbocycles. The van der Waals surface area contributed by atoms with E-state index in [2.05, 4.69) is 10.3 Å². The quantitative estimate of drug-likeness (QED) is 0.266. The van der Waals surface area contributed by atoms with Crippen LogP contribution in [-0.4, -0.2) is 29.9 Å². The molecular formula is C30H36N2O4. The first-order chi connectivity index (χ1) is 17.4. The first kappa shape index (κ1) is 26.8. The minimum absolute atomic E-state index is 0.467. The van der Waals surface area contributed by atoms with Gasteiger partial charge in [0.25, 0.3) is 0 Å². The molecule has 3 rings (SSSR count). The Morgan fingerprint density at radius 1 is 0.806 bits per heavy atom. The molecule has 190 valence electrons. The molecule has 1 N–H and O–H groups in total. The molecule has 0 bridgehead atoms. The highest BCUT2D eigenvalue weighted by molar-refractivity contribution is 5.84. The normalized spacial score (nSPS) is 11.3. The van der Waals surface area contributed by atoms with Crippen LogP contribution in [0.2, 0.25) is 0 Å². The number of hydrogen-bond acceptors (Lipinski definition) is 5. The Labute approximate surface area is 214 Å². The van der Waals surface area contributed by atoms with E-state index < -0.39 is 11.7 Å². The second-order valence-corrected chi connectivity index (χ2v) is 9.42. The van der Waals surface area contributed by atoms with E-state index in [9.17, 15) is 4.79 Å². The topological polar surface area (TPSA) is 69.7 Å². The number of rotatable bonds is 12. The number of amides is 1. The van der Waals surface area contributed by atoms with Gasteiger partial charge in [-0.05, 0) is 107 Å². The number of carbonyl (C=O) groups is 1. The van der Waals surface area contributed by atoms with Crippen molar-refractivity contribution in [2.24, 2.45) is 0 Å². The van der Waals surface area contributed by atoms with Crippen molar-refractivity contribution < 1.29 is 19.0 Å². The summed E-state index contributed by atoms with van der Waals surface area (Å²) >= 11 is 0. The molecule has 0 saturated heterocycles. The van der Waals surface area contributed by atoms with Gasteiger partial charge in [-0.25, -0.2) is 4.79 Å². The van der Waals surface area contributed by atoms with E-state index in [1.54, 1.807) is 18.3 Å². The van der Waals surface area contributed by atoms with Crippen molar-refractivity contribution in [1.29, 1.82) is 0 Å². The highest BCUT2D eigenvalue weighted by atomic mass is 16.6. The molecule has 0 aliphatic heterocycles. The van der Waals surface area contributed by atoms with Crippen molar-refractivity contribution in [3.63, 3.8) is 0 Å². The third kappa shape index (κ3) is 10.6. The summed E-state index contributed by atoms with van der Waals surface area (Å²) in [6.07, 6.45) is 9.53. The standard InChI is InChI=1S/C30H36N2O4/c1-30(2,3)36-29(33)32-26-15-19-28(20-16-26)35-23-9-5-4-8-22-34-27-17-12-24(13-18-27)11-14-25-10-6-7-21-31-25/h6-7,10-21H,4-5,8-9,22-23H2,1-3H3,(H,32,33)/b14-11+. The number of benzene rings is 2. The van der Waals surface area contributed by atoms with Crippen LogP contribution in [0.1, 0.15) is 57.7 Å². The van der Waals surface area contributed by atoms with Crippen LogP contribution in [-0.2, 0) is 4.74 Å². The lowest BCUT2D eigenvalue weighted by Gasteiger charge is -2.19. The third-order valence-corrected chi connectivity index (χ3v) is 5.09. The van der Waals surface area contributed by atoms with Gasteiger partial charge in [0.1, 0.15) is 17.1 Å². The van der Waals surface area contributed by atoms with Crippen molar-refractivity contribution in [2.45, 2.75) is 52.1 Å². The maximum Gasteiger partial charge on any atom is 0.412 e. The molecule has 3 aromatic rings. The number of ether oxygens (including phenoxy) is 3. The number of nitrogens with one attached hydrogen (secondary N) is 1. The summed E-state index contributed by atoms with van der Waals surface area (Å²) in [4.78, 5) is 16.1. The first-order valence-electron chi connectivity index (χ1n) is 12.4. The van der Waals surface area contributed by atoms with E-state index in [4.69, 9.17) is 14.2 Å². The van der Waals surface area contributed by atoms with Crippen molar-refractivity contribution in [1.82, 2.24) is 4.98 Å². The summed E-state index contributed by atoms with van der Waals surface area (Å²) < 4.78 is 16.9. The van der Waals surface area contributed by atoms with Crippen molar-refractivity contribution in [3.05, 3.63) is 84.2 Å². The molecule has 36 heavy (non-hydrogen) atoms. The summed E-state index contributed by atoms with van der Waals surface area (Å²) in [6, 6.07) is 21.3. The summed E-state index contributed by atoms with van der Waals surface area (Å²) in [6.45, 7) is 6.86. The fourth-order valence-corrected chi connectivity index (χ4v) is 3.32.